The van der Waals surface area contributed by atoms with Gasteiger partial charge >= 0.3 is 0 Å². The van der Waals surface area contributed by atoms with E-state index in [1.54, 1.807) is 0 Å². The van der Waals surface area contributed by atoms with Crippen molar-refractivity contribution in [2.24, 2.45) is 17.6 Å². The fourth-order valence-corrected chi connectivity index (χ4v) is 2.09. The van der Waals surface area contributed by atoms with Crippen LogP contribution in [0, 0.1) is 11.8 Å². The molecule has 5 heteroatoms. The number of nitrogens with one attached hydrogen (secondary N) is 2. The van der Waals surface area contributed by atoms with E-state index in [4.69, 9.17) is 5.73 Å². The van der Waals surface area contributed by atoms with Crippen LogP contribution in [0.25, 0.3) is 0 Å². The molecule has 0 aromatic rings. The van der Waals surface area contributed by atoms with Crippen LogP contribution in [0.3, 0.4) is 0 Å². The van der Waals surface area contributed by atoms with Gasteiger partial charge in [0.2, 0.25) is 11.8 Å². The molecule has 19 heavy (non-hydrogen) atoms. The maximum absolute atomic E-state index is 11.6. The van der Waals surface area contributed by atoms with Crippen LogP contribution in [0.2, 0.25) is 0 Å². The third-order valence-electron chi connectivity index (χ3n) is 3.63. The molecule has 0 aliphatic heterocycles. The topological polar surface area (TPSA) is 84.2 Å². The predicted octanol–water partition coefficient (Wildman–Crippen LogP) is 0.784. The van der Waals surface area contributed by atoms with Crippen molar-refractivity contribution in [2.45, 2.75) is 45.4 Å². The van der Waals surface area contributed by atoms with E-state index in [0.717, 1.165) is 32.1 Å². The second kappa shape index (κ2) is 8.91. The molecule has 1 fully saturated rings. The van der Waals surface area contributed by atoms with E-state index in [-0.39, 0.29) is 17.7 Å². The lowest BCUT2D eigenvalue weighted by molar-refractivity contribution is -0.123. The van der Waals surface area contributed by atoms with Gasteiger partial charge in [-0.3, -0.25) is 9.59 Å². The Bertz CT molecular complexity index is 290. The molecule has 0 aromatic heterocycles. The van der Waals surface area contributed by atoms with Gasteiger partial charge in [0.05, 0.1) is 0 Å². The Hall–Kier alpha value is -1.10. The highest BCUT2D eigenvalue weighted by atomic mass is 16.2. The second-order valence-electron chi connectivity index (χ2n) is 5.31. The van der Waals surface area contributed by atoms with Gasteiger partial charge in [-0.25, -0.2) is 0 Å². The Labute approximate surface area is 115 Å². The molecule has 110 valence electrons. The molecular formula is C14H27N3O2. The molecular weight excluding hydrogens is 242 g/mol. The molecule has 5 nitrogen and oxygen atoms in total. The van der Waals surface area contributed by atoms with E-state index in [2.05, 4.69) is 17.6 Å². The Kier molecular flexibility index (Phi) is 7.48. The first-order valence-electron chi connectivity index (χ1n) is 7.41. The minimum Gasteiger partial charge on any atom is -0.354 e. The summed E-state index contributed by atoms with van der Waals surface area (Å²) in [6.45, 7) is 3.87. The zero-order chi connectivity index (χ0) is 14.1. The summed E-state index contributed by atoms with van der Waals surface area (Å²) in [5.74, 6) is 0.974. The molecule has 2 amide bonds. The third kappa shape index (κ3) is 7.15. The second-order valence-corrected chi connectivity index (χ2v) is 5.31. The minimum atomic E-state index is 0.0659. The van der Waals surface area contributed by atoms with Crippen LogP contribution in [0.4, 0.5) is 0 Å². The average molecular weight is 269 g/mol. The Morgan fingerprint density at radius 2 is 1.89 bits per heavy atom. The van der Waals surface area contributed by atoms with Crippen molar-refractivity contribution in [3.63, 3.8) is 0 Å². The lowest BCUT2D eigenvalue weighted by Crippen LogP contribution is -2.35. The summed E-state index contributed by atoms with van der Waals surface area (Å²) in [5.41, 5.74) is 5.53. The maximum Gasteiger partial charge on any atom is 0.223 e. The summed E-state index contributed by atoms with van der Waals surface area (Å²) in [6.07, 6.45) is 5.53. The van der Waals surface area contributed by atoms with Crippen LogP contribution < -0.4 is 16.4 Å². The number of hydrogen-bond acceptors (Lipinski definition) is 3. The van der Waals surface area contributed by atoms with Gasteiger partial charge in [-0.2, -0.15) is 0 Å². The van der Waals surface area contributed by atoms with E-state index in [0.29, 0.717) is 32.0 Å². The highest BCUT2D eigenvalue weighted by Crippen LogP contribution is 2.28. The normalized spacial score (nSPS) is 15.9. The smallest absolute Gasteiger partial charge is 0.223 e. The Balaban J connectivity index is 1.99. The molecule has 0 bridgehead atoms. The van der Waals surface area contributed by atoms with Crippen LogP contribution in [-0.4, -0.2) is 31.4 Å². The summed E-state index contributed by atoms with van der Waals surface area (Å²) in [4.78, 5) is 22.9. The van der Waals surface area contributed by atoms with Crippen molar-refractivity contribution in [1.82, 2.24) is 10.6 Å². The van der Waals surface area contributed by atoms with E-state index in [1.807, 2.05) is 0 Å². The molecule has 0 radical (unpaired) electrons. The fraction of sp³-hybridized carbons (Fsp3) is 0.857. The van der Waals surface area contributed by atoms with Crippen molar-refractivity contribution in [2.75, 3.05) is 19.6 Å². The molecule has 1 unspecified atom stereocenters. The number of carbonyl (C=O) groups excluding carboxylic acids is 2. The van der Waals surface area contributed by atoms with Crippen LogP contribution >= 0.6 is 0 Å². The fourth-order valence-electron chi connectivity index (χ4n) is 2.09. The lowest BCUT2D eigenvalue weighted by Gasteiger charge is -2.13. The Morgan fingerprint density at radius 3 is 2.47 bits per heavy atom. The van der Waals surface area contributed by atoms with Crippen LogP contribution in [0.15, 0.2) is 0 Å². The summed E-state index contributed by atoms with van der Waals surface area (Å²) in [5, 5.41) is 5.66. The van der Waals surface area contributed by atoms with Crippen molar-refractivity contribution in [1.29, 1.82) is 0 Å². The van der Waals surface area contributed by atoms with Crippen molar-refractivity contribution < 1.29 is 9.59 Å². The third-order valence-corrected chi connectivity index (χ3v) is 3.63. The number of amides is 2. The molecule has 1 aliphatic carbocycles. The molecule has 0 spiro atoms. The van der Waals surface area contributed by atoms with Gasteiger partial charge in [-0.05, 0) is 38.1 Å². The van der Waals surface area contributed by atoms with Gasteiger partial charge in [0, 0.05) is 25.4 Å². The average Bonchev–Trinajstić information content (AvgIpc) is 3.23. The molecule has 0 heterocycles. The standard InChI is InChI=1S/C14H27N3O2/c1-2-11(7-8-15)3-6-13(18)16-9-10-17-14(19)12-4-5-12/h11-12H,2-10,15H2,1H3,(H,16,18)(H,17,19). The van der Waals surface area contributed by atoms with Gasteiger partial charge in [0.1, 0.15) is 0 Å². The van der Waals surface area contributed by atoms with E-state index < -0.39 is 0 Å². The van der Waals surface area contributed by atoms with Gasteiger partial charge in [0.25, 0.3) is 0 Å². The first-order chi connectivity index (χ1) is 9.17. The van der Waals surface area contributed by atoms with Crippen molar-refractivity contribution in [3.05, 3.63) is 0 Å². The summed E-state index contributed by atoms with van der Waals surface area (Å²) < 4.78 is 0. The maximum atomic E-state index is 11.6. The number of rotatable bonds is 10. The quantitative estimate of drug-likeness (QED) is 0.512. The molecule has 1 saturated carbocycles. The number of nitrogens with two attached hydrogens (primary N) is 1. The zero-order valence-electron chi connectivity index (χ0n) is 11.9. The van der Waals surface area contributed by atoms with E-state index >= 15 is 0 Å². The van der Waals surface area contributed by atoms with E-state index in [9.17, 15) is 9.59 Å². The summed E-state index contributed by atoms with van der Waals surface area (Å²) in [7, 11) is 0. The highest BCUT2D eigenvalue weighted by Gasteiger charge is 2.28. The zero-order valence-corrected chi connectivity index (χ0v) is 11.9. The highest BCUT2D eigenvalue weighted by molar-refractivity contribution is 5.81. The minimum absolute atomic E-state index is 0.0659. The first kappa shape index (κ1) is 16.0. The molecule has 4 N–H and O–H groups in total. The van der Waals surface area contributed by atoms with Crippen LogP contribution in [-0.2, 0) is 9.59 Å². The number of carbonyl (C=O) groups is 2. The first-order valence-corrected chi connectivity index (χ1v) is 7.41. The monoisotopic (exact) mass is 269 g/mol. The number of hydrogen-bond donors (Lipinski definition) is 3. The van der Waals surface area contributed by atoms with Crippen LogP contribution in [0.1, 0.15) is 45.4 Å². The molecule has 0 aromatic carbocycles. The summed E-state index contributed by atoms with van der Waals surface area (Å²) in [6, 6.07) is 0. The van der Waals surface area contributed by atoms with Gasteiger partial charge in [-0.1, -0.05) is 13.3 Å². The molecule has 1 aliphatic rings. The van der Waals surface area contributed by atoms with E-state index in [1.165, 1.54) is 0 Å². The largest absolute Gasteiger partial charge is 0.354 e. The van der Waals surface area contributed by atoms with Crippen molar-refractivity contribution in [3.8, 4) is 0 Å². The molecule has 1 atom stereocenters. The SMILES string of the molecule is CCC(CCN)CCC(=O)NCCNC(=O)C1CC1. The van der Waals surface area contributed by atoms with Crippen LogP contribution in [0.5, 0.6) is 0 Å². The van der Waals surface area contributed by atoms with Crippen molar-refractivity contribution >= 4 is 11.8 Å². The lowest BCUT2D eigenvalue weighted by atomic mass is 9.96. The van der Waals surface area contributed by atoms with Gasteiger partial charge in [0.15, 0.2) is 0 Å². The predicted molar refractivity (Wildman–Crippen MR) is 75.4 cm³/mol. The Morgan fingerprint density at radius 1 is 1.21 bits per heavy atom. The van der Waals surface area contributed by atoms with Gasteiger partial charge in [-0.15, -0.1) is 0 Å². The molecule has 0 saturated heterocycles. The van der Waals surface area contributed by atoms with Gasteiger partial charge < -0.3 is 16.4 Å². The molecule has 1 rings (SSSR count). The summed E-state index contributed by atoms with van der Waals surface area (Å²) >= 11 is 0.